The van der Waals surface area contributed by atoms with Gasteiger partial charge in [0.1, 0.15) is 0 Å². The van der Waals surface area contributed by atoms with Gasteiger partial charge >= 0.3 is 0 Å². The molecule has 0 aliphatic rings. The summed E-state index contributed by atoms with van der Waals surface area (Å²) in [5, 5.41) is 0. The van der Waals surface area contributed by atoms with Crippen molar-refractivity contribution in [2.75, 3.05) is 33.0 Å². The fourth-order valence-electron chi connectivity index (χ4n) is 1.14. The molecule has 1 atom stereocenters. The first-order valence-corrected chi connectivity index (χ1v) is 8.09. The maximum atomic E-state index is 11.2. The minimum atomic E-state index is -4.19. The van der Waals surface area contributed by atoms with Crippen molar-refractivity contribution in [3.63, 3.8) is 0 Å². The monoisotopic (exact) mass is 297 g/mol. The van der Waals surface area contributed by atoms with Crippen LogP contribution >= 0.6 is 7.82 Å². The first kappa shape index (κ1) is 19.0. The fraction of sp³-hybridized carbons (Fsp3) is 1.00. The zero-order chi connectivity index (χ0) is 14.7. The lowest BCUT2D eigenvalue weighted by molar-refractivity contribution is -0.229. The summed E-state index contributed by atoms with van der Waals surface area (Å²) in [5.41, 5.74) is 0. The van der Waals surface area contributed by atoms with E-state index in [1.807, 2.05) is 0 Å². The molecule has 0 amide bonds. The lowest BCUT2D eigenvalue weighted by Crippen LogP contribution is -2.15. The van der Waals surface area contributed by atoms with Crippen molar-refractivity contribution < 1.29 is 28.0 Å². The summed E-state index contributed by atoms with van der Waals surface area (Å²) in [5.74, 6) is 0.626. The third-order valence-corrected chi connectivity index (χ3v) is 3.21. The van der Waals surface area contributed by atoms with Crippen LogP contribution in [-0.4, -0.2) is 39.1 Å². The van der Waals surface area contributed by atoms with E-state index in [1.165, 1.54) is 0 Å². The number of hydrogen-bond donors (Lipinski definition) is 0. The van der Waals surface area contributed by atoms with Crippen LogP contribution in [0.2, 0.25) is 0 Å². The molecule has 0 radical (unpaired) electrons. The van der Waals surface area contributed by atoms with E-state index in [4.69, 9.17) is 9.47 Å². The Balaban J connectivity index is 3.33. The van der Waals surface area contributed by atoms with Crippen LogP contribution in [-0.2, 0) is 23.1 Å². The van der Waals surface area contributed by atoms with Gasteiger partial charge in [-0.05, 0) is 26.2 Å². The maximum Gasteiger partial charge on any atom is 0.268 e. The zero-order valence-corrected chi connectivity index (χ0v) is 13.2. The molecule has 1 unspecified atom stereocenters. The van der Waals surface area contributed by atoms with E-state index in [0.717, 1.165) is 13.0 Å². The molecule has 7 heteroatoms. The van der Waals surface area contributed by atoms with Gasteiger partial charge in [-0.1, -0.05) is 13.8 Å². The third kappa shape index (κ3) is 14.3. The standard InChI is InChI=1S/C12H27O6P/c1-11(2)5-6-15-7-8-16-9-10-17-19(13,14)18-12(3)4/h11-12H,5-10H2,1-4H3,(H,13,14)/p-1. The minimum Gasteiger partial charge on any atom is -0.756 e. The fourth-order valence-corrected chi connectivity index (χ4v) is 2.01. The number of rotatable bonds is 12. The molecule has 116 valence electrons. The SMILES string of the molecule is CC(C)CCOCCOCCOP(=O)([O-])OC(C)C. The van der Waals surface area contributed by atoms with Gasteiger partial charge in [0.05, 0.1) is 32.5 Å². The zero-order valence-electron chi connectivity index (χ0n) is 12.3. The summed E-state index contributed by atoms with van der Waals surface area (Å²) in [6.45, 7) is 9.32. The molecule has 0 aromatic rings. The normalized spacial score (nSPS) is 15.1. The van der Waals surface area contributed by atoms with E-state index in [1.54, 1.807) is 13.8 Å². The smallest absolute Gasteiger partial charge is 0.268 e. The van der Waals surface area contributed by atoms with Crippen LogP contribution in [0.25, 0.3) is 0 Å². The molecule has 0 saturated carbocycles. The van der Waals surface area contributed by atoms with Crippen LogP contribution in [0.1, 0.15) is 34.1 Å². The molecule has 0 aliphatic heterocycles. The molecule has 0 heterocycles. The highest BCUT2D eigenvalue weighted by Crippen LogP contribution is 2.39. The van der Waals surface area contributed by atoms with Crippen LogP contribution in [0.15, 0.2) is 0 Å². The van der Waals surface area contributed by atoms with Crippen LogP contribution < -0.4 is 4.89 Å². The van der Waals surface area contributed by atoms with E-state index in [9.17, 15) is 9.46 Å². The van der Waals surface area contributed by atoms with Crippen molar-refractivity contribution in [3.8, 4) is 0 Å². The summed E-state index contributed by atoms with van der Waals surface area (Å²) >= 11 is 0. The molecular weight excluding hydrogens is 271 g/mol. The Hall–Kier alpha value is 0.0300. The molecule has 0 aromatic carbocycles. The Labute approximate surface area is 116 Å². The van der Waals surface area contributed by atoms with Gasteiger partial charge in [-0.15, -0.1) is 0 Å². The van der Waals surface area contributed by atoms with Crippen molar-refractivity contribution in [2.45, 2.75) is 40.2 Å². The first-order valence-electron chi connectivity index (χ1n) is 6.63. The molecule has 0 N–H and O–H groups in total. The van der Waals surface area contributed by atoms with Crippen molar-refractivity contribution in [1.29, 1.82) is 0 Å². The van der Waals surface area contributed by atoms with Gasteiger partial charge in [-0.3, -0.25) is 4.57 Å². The van der Waals surface area contributed by atoms with Crippen molar-refractivity contribution in [2.24, 2.45) is 5.92 Å². The minimum absolute atomic E-state index is 0.0422. The van der Waals surface area contributed by atoms with Gasteiger partial charge in [-0.2, -0.15) is 0 Å². The second-order valence-electron chi connectivity index (χ2n) is 4.84. The van der Waals surface area contributed by atoms with E-state index in [2.05, 4.69) is 22.9 Å². The highest BCUT2D eigenvalue weighted by molar-refractivity contribution is 7.45. The lowest BCUT2D eigenvalue weighted by Gasteiger charge is -2.24. The van der Waals surface area contributed by atoms with Crippen LogP contribution in [0.5, 0.6) is 0 Å². The molecule has 0 bridgehead atoms. The molecule has 0 aliphatic carbocycles. The summed E-state index contributed by atoms with van der Waals surface area (Å²) in [6, 6.07) is 0. The Morgan fingerprint density at radius 2 is 1.47 bits per heavy atom. The van der Waals surface area contributed by atoms with Gasteiger partial charge in [0.25, 0.3) is 7.82 Å². The number of hydrogen-bond acceptors (Lipinski definition) is 6. The molecular formula is C12H26O6P-. The largest absolute Gasteiger partial charge is 0.756 e. The summed E-state index contributed by atoms with van der Waals surface area (Å²) < 4.78 is 30.9. The molecule has 6 nitrogen and oxygen atoms in total. The van der Waals surface area contributed by atoms with E-state index in [-0.39, 0.29) is 13.2 Å². The van der Waals surface area contributed by atoms with Crippen LogP contribution in [0, 0.1) is 5.92 Å². The number of phosphoric ester groups is 1. The number of phosphoric acid groups is 1. The second-order valence-corrected chi connectivity index (χ2v) is 6.21. The van der Waals surface area contributed by atoms with Crippen molar-refractivity contribution in [3.05, 3.63) is 0 Å². The predicted molar refractivity (Wildman–Crippen MR) is 70.9 cm³/mol. The molecule has 19 heavy (non-hydrogen) atoms. The average Bonchev–Trinajstić information content (AvgIpc) is 2.24. The Kier molecular flexibility index (Phi) is 10.8. The molecule has 0 saturated heterocycles. The van der Waals surface area contributed by atoms with E-state index < -0.39 is 13.9 Å². The lowest BCUT2D eigenvalue weighted by atomic mass is 10.1. The van der Waals surface area contributed by atoms with Crippen LogP contribution in [0.3, 0.4) is 0 Å². The second kappa shape index (κ2) is 10.8. The summed E-state index contributed by atoms with van der Waals surface area (Å²) in [7, 11) is -4.19. The van der Waals surface area contributed by atoms with Gasteiger partial charge in [0.15, 0.2) is 0 Å². The molecule has 0 aromatic heterocycles. The van der Waals surface area contributed by atoms with Crippen LogP contribution in [0.4, 0.5) is 0 Å². The Morgan fingerprint density at radius 1 is 0.947 bits per heavy atom. The van der Waals surface area contributed by atoms with Gasteiger partial charge in [0, 0.05) is 6.61 Å². The van der Waals surface area contributed by atoms with E-state index in [0.29, 0.717) is 19.1 Å². The van der Waals surface area contributed by atoms with Gasteiger partial charge < -0.3 is 23.4 Å². The highest BCUT2D eigenvalue weighted by atomic mass is 31.2. The Morgan fingerprint density at radius 3 is 2.00 bits per heavy atom. The van der Waals surface area contributed by atoms with E-state index >= 15 is 0 Å². The van der Waals surface area contributed by atoms with Gasteiger partial charge in [0.2, 0.25) is 0 Å². The molecule has 0 spiro atoms. The molecule has 0 fully saturated rings. The molecule has 0 rings (SSSR count). The predicted octanol–water partition coefficient (Wildman–Crippen LogP) is 1.98. The summed E-state index contributed by atoms with van der Waals surface area (Å²) in [6.07, 6.45) is 0.605. The summed E-state index contributed by atoms with van der Waals surface area (Å²) in [4.78, 5) is 11.2. The topological polar surface area (TPSA) is 77.1 Å². The number of ether oxygens (including phenoxy) is 2. The first-order chi connectivity index (χ1) is 8.83. The third-order valence-electron chi connectivity index (χ3n) is 2.03. The Bertz CT molecular complexity index is 257. The average molecular weight is 297 g/mol. The maximum absolute atomic E-state index is 11.2. The highest BCUT2D eigenvalue weighted by Gasteiger charge is 2.10. The van der Waals surface area contributed by atoms with Crippen molar-refractivity contribution >= 4 is 7.82 Å². The quantitative estimate of drug-likeness (QED) is 0.405. The van der Waals surface area contributed by atoms with Gasteiger partial charge in [-0.25, -0.2) is 0 Å². The van der Waals surface area contributed by atoms with Crippen molar-refractivity contribution in [1.82, 2.24) is 0 Å².